The number of β-amino-alcohol motifs (C(OH)–C–C–N with tert-alkyl or cyclic N) is 1. The molecule has 2 aliphatic rings. The monoisotopic (exact) mass is 691 g/mol. The van der Waals surface area contributed by atoms with Crippen molar-refractivity contribution < 1.29 is 51.3 Å². The number of rotatable bonds is 5. The van der Waals surface area contributed by atoms with Crippen molar-refractivity contribution in [2.45, 2.75) is 68.8 Å². The number of anilines is 1. The molecule has 1 fully saturated rings. The fourth-order valence-electron chi connectivity index (χ4n) is 5.80. The molecule has 2 atom stereocenters. The molecule has 1 unspecified atom stereocenters. The number of carbonyl (C=O) groups excluding carboxylic acids is 2. The first-order valence-corrected chi connectivity index (χ1v) is 15.2. The summed E-state index contributed by atoms with van der Waals surface area (Å²) in [5.74, 6) is -1.42. The summed E-state index contributed by atoms with van der Waals surface area (Å²) in [6.45, 7) is 4.49. The molecule has 3 heterocycles. The molecule has 0 saturated carbocycles. The third kappa shape index (κ3) is 5.25. The van der Waals surface area contributed by atoms with Crippen LogP contribution in [0.3, 0.4) is 0 Å². The Bertz CT molecular complexity index is 1690. The summed E-state index contributed by atoms with van der Waals surface area (Å²) < 4.78 is 81.3. The molecule has 0 radical (unpaired) electrons. The number of aromatic nitrogens is 1. The lowest BCUT2D eigenvalue weighted by molar-refractivity contribution is -0.376. The van der Waals surface area contributed by atoms with Gasteiger partial charge >= 0.3 is 12.4 Å². The third-order valence-corrected chi connectivity index (χ3v) is 9.95. The van der Waals surface area contributed by atoms with Gasteiger partial charge in [-0.1, -0.05) is 41.9 Å². The van der Waals surface area contributed by atoms with Crippen LogP contribution in [-0.4, -0.2) is 74.1 Å². The maximum Gasteiger partial charge on any atom is 0.430 e. The number of fused-ring (bicyclic) bond motifs is 1. The molecule has 0 bridgehead atoms. The zero-order valence-electron chi connectivity index (χ0n) is 24.5. The van der Waals surface area contributed by atoms with Gasteiger partial charge < -0.3 is 25.1 Å². The molecule has 0 spiro atoms. The standard InChI is InChI=1S/C30H28ClF6N3O5S/c1-15-7-6-12-39(15)24(41)21-22(17-11-10-16(13-19(17)31)28(45,29(32,33)34)30(35,36)37)46-23(38-21)25(42)40-14-27(44,26(2,3)43)18-8-4-5-9-20(18)40/h4-5,8-11,13,15,43-45H,6-7,12,14H2,1-3H3/t15-,27?/m0/s1. The number of hydrogen-bond acceptors (Lipinski definition) is 7. The minimum Gasteiger partial charge on any atom is -0.387 e. The van der Waals surface area contributed by atoms with Crippen molar-refractivity contribution in [3.63, 3.8) is 0 Å². The van der Waals surface area contributed by atoms with Crippen molar-refractivity contribution >= 4 is 40.4 Å². The number of thiazole rings is 1. The van der Waals surface area contributed by atoms with Gasteiger partial charge in [-0.2, -0.15) is 26.3 Å². The zero-order chi connectivity index (χ0) is 34.2. The fourth-order valence-corrected chi connectivity index (χ4v) is 7.18. The lowest BCUT2D eigenvalue weighted by Crippen LogP contribution is -2.53. The van der Waals surface area contributed by atoms with Gasteiger partial charge in [0, 0.05) is 34.3 Å². The number of aliphatic hydroxyl groups is 3. The average Bonchev–Trinajstić information content (AvgIpc) is 3.67. The maximum atomic E-state index is 14.0. The van der Waals surface area contributed by atoms with Crippen LogP contribution in [0.25, 0.3) is 10.4 Å². The van der Waals surface area contributed by atoms with E-state index in [1.54, 1.807) is 31.2 Å². The van der Waals surface area contributed by atoms with Gasteiger partial charge in [-0.05, 0) is 45.7 Å². The summed E-state index contributed by atoms with van der Waals surface area (Å²) >= 11 is 6.89. The number of halogens is 7. The zero-order valence-corrected chi connectivity index (χ0v) is 26.1. The quantitative estimate of drug-likeness (QED) is 0.282. The van der Waals surface area contributed by atoms with Crippen molar-refractivity contribution in [2.24, 2.45) is 0 Å². The van der Waals surface area contributed by atoms with E-state index in [2.05, 4.69) is 4.98 Å². The summed E-state index contributed by atoms with van der Waals surface area (Å²) in [5.41, 5.74) is -10.4. The second-order valence-corrected chi connectivity index (χ2v) is 13.3. The third-order valence-electron chi connectivity index (χ3n) is 8.56. The van der Waals surface area contributed by atoms with Crippen LogP contribution < -0.4 is 4.90 Å². The van der Waals surface area contributed by atoms with E-state index in [4.69, 9.17) is 11.6 Å². The van der Waals surface area contributed by atoms with E-state index in [0.29, 0.717) is 42.9 Å². The number of para-hydroxylation sites is 1. The van der Waals surface area contributed by atoms with E-state index in [1.807, 2.05) is 0 Å². The molecule has 1 aromatic heterocycles. The van der Waals surface area contributed by atoms with Crippen LogP contribution in [0.1, 0.15) is 65.0 Å². The van der Waals surface area contributed by atoms with Gasteiger partial charge in [0.15, 0.2) is 5.01 Å². The van der Waals surface area contributed by atoms with Crippen molar-refractivity contribution in [2.75, 3.05) is 18.0 Å². The second-order valence-electron chi connectivity index (χ2n) is 11.9. The van der Waals surface area contributed by atoms with Crippen LogP contribution in [0.2, 0.25) is 5.02 Å². The van der Waals surface area contributed by atoms with E-state index >= 15 is 0 Å². The summed E-state index contributed by atoms with van der Waals surface area (Å²) in [6, 6.07) is 7.59. The maximum absolute atomic E-state index is 14.0. The molecule has 248 valence electrons. The van der Waals surface area contributed by atoms with Crippen molar-refractivity contribution in [3.8, 4) is 10.4 Å². The molecular weight excluding hydrogens is 664 g/mol. The highest BCUT2D eigenvalue weighted by atomic mass is 35.5. The van der Waals surface area contributed by atoms with Crippen LogP contribution in [0.15, 0.2) is 42.5 Å². The van der Waals surface area contributed by atoms with Gasteiger partial charge in [0.05, 0.1) is 22.7 Å². The molecule has 16 heteroatoms. The molecular formula is C30H28ClF6N3O5S. The van der Waals surface area contributed by atoms with Gasteiger partial charge in [-0.25, -0.2) is 4.98 Å². The molecule has 3 N–H and O–H groups in total. The van der Waals surface area contributed by atoms with Crippen molar-refractivity contribution in [3.05, 3.63) is 69.3 Å². The fraction of sp³-hybridized carbons (Fsp3) is 0.433. The highest BCUT2D eigenvalue weighted by molar-refractivity contribution is 7.17. The Labute approximate surface area is 267 Å². The average molecular weight is 692 g/mol. The Morgan fingerprint density at radius 1 is 1.02 bits per heavy atom. The van der Waals surface area contributed by atoms with Crippen molar-refractivity contribution in [1.29, 1.82) is 0 Å². The van der Waals surface area contributed by atoms with E-state index < -0.39 is 51.6 Å². The Kier molecular flexibility index (Phi) is 8.29. The molecule has 5 rings (SSSR count). The SMILES string of the molecule is C[C@H]1CCCN1C(=O)c1nc(C(=O)N2CC(O)(C(C)(C)O)c3ccccc32)sc1-c1ccc(C(O)(C(F)(F)F)C(F)(F)F)cc1Cl. The smallest absolute Gasteiger partial charge is 0.387 e. The summed E-state index contributed by atoms with van der Waals surface area (Å²) in [4.78, 5) is 34.6. The summed E-state index contributed by atoms with van der Waals surface area (Å²) in [6.07, 6.45) is -11.0. The first kappa shape index (κ1) is 34.1. The van der Waals surface area contributed by atoms with Crippen LogP contribution in [0, 0.1) is 0 Å². The molecule has 8 nitrogen and oxygen atoms in total. The Hall–Kier alpha value is -3.24. The minimum atomic E-state index is -6.15. The van der Waals surface area contributed by atoms with E-state index in [1.165, 1.54) is 23.6 Å². The molecule has 2 aliphatic heterocycles. The number of alkyl halides is 6. The van der Waals surface area contributed by atoms with E-state index in [0.717, 1.165) is 6.07 Å². The lowest BCUT2D eigenvalue weighted by atomic mass is 9.81. The predicted octanol–water partition coefficient (Wildman–Crippen LogP) is 6.02. The van der Waals surface area contributed by atoms with Gasteiger partial charge in [-0.3, -0.25) is 9.59 Å². The van der Waals surface area contributed by atoms with E-state index in [9.17, 15) is 51.3 Å². The van der Waals surface area contributed by atoms with Gasteiger partial charge in [0.25, 0.3) is 17.4 Å². The number of carbonyl (C=O) groups is 2. The van der Waals surface area contributed by atoms with Crippen LogP contribution in [0.4, 0.5) is 32.0 Å². The van der Waals surface area contributed by atoms with Gasteiger partial charge in [0.1, 0.15) is 11.3 Å². The van der Waals surface area contributed by atoms with Crippen LogP contribution >= 0.6 is 22.9 Å². The Balaban J connectivity index is 1.63. The highest BCUT2D eigenvalue weighted by Gasteiger charge is 2.71. The van der Waals surface area contributed by atoms with Gasteiger partial charge in [0.2, 0.25) is 0 Å². The topological polar surface area (TPSA) is 114 Å². The number of benzene rings is 2. The van der Waals surface area contributed by atoms with E-state index in [-0.39, 0.29) is 45.0 Å². The largest absolute Gasteiger partial charge is 0.430 e. The first-order chi connectivity index (χ1) is 21.1. The van der Waals surface area contributed by atoms with Crippen molar-refractivity contribution in [1.82, 2.24) is 9.88 Å². The summed E-state index contributed by atoms with van der Waals surface area (Å²) in [5, 5.41) is 31.2. The first-order valence-electron chi connectivity index (χ1n) is 14.0. The number of hydrogen-bond donors (Lipinski definition) is 3. The minimum absolute atomic E-state index is 0.100. The molecule has 2 aromatic carbocycles. The van der Waals surface area contributed by atoms with Gasteiger partial charge in [-0.15, -0.1) is 11.3 Å². The molecule has 3 aromatic rings. The second kappa shape index (κ2) is 11.2. The Morgan fingerprint density at radius 3 is 2.20 bits per heavy atom. The molecule has 46 heavy (non-hydrogen) atoms. The highest BCUT2D eigenvalue weighted by Crippen LogP contribution is 2.52. The number of nitrogens with zero attached hydrogens (tertiary/aromatic N) is 3. The molecule has 0 aliphatic carbocycles. The van der Waals surface area contributed by atoms with Crippen LogP contribution in [0.5, 0.6) is 0 Å². The molecule has 1 saturated heterocycles. The predicted molar refractivity (Wildman–Crippen MR) is 157 cm³/mol. The summed E-state index contributed by atoms with van der Waals surface area (Å²) in [7, 11) is 0. The normalized spacial score (nSPS) is 20.8. The van der Waals surface area contributed by atoms with Crippen LogP contribution in [-0.2, 0) is 11.2 Å². The molecule has 2 amide bonds. The Morgan fingerprint density at radius 2 is 1.65 bits per heavy atom. The number of likely N-dealkylation sites (tertiary alicyclic amines) is 1. The lowest BCUT2D eigenvalue weighted by Gasteiger charge is -2.35. The number of amides is 2.